The van der Waals surface area contributed by atoms with Crippen LogP contribution in [0.2, 0.25) is 0 Å². The standard InChI is InChI=1S/C13H13NO6S/c15-13(16)9-20-11-1-3-12(4-2-11)21(17,18)14-7-10-5-6-19-8-10/h1-6,8,14H,7,9H2,(H,15,16). The van der Waals surface area contributed by atoms with Crippen LogP contribution >= 0.6 is 0 Å². The number of nitrogens with one attached hydrogen (secondary N) is 1. The lowest BCUT2D eigenvalue weighted by atomic mass is 10.3. The van der Waals surface area contributed by atoms with Gasteiger partial charge < -0.3 is 14.3 Å². The summed E-state index contributed by atoms with van der Waals surface area (Å²) in [6, 6.07) is 7.14. The predicted molar refractivity (Wildman–Crippen MR) is 72.3 cm³/mol. The van der Waals surface area contributed by atoms with Gasteiger partial charge in [-0.25, -0.2) is 17.9 Å². The van der Waals surface area contributed by atoms with Crippen LogP contribution in [0.25, 0.3) is 0 Å². The molecule has 2 N–H and O–H groups in total. The van der Waals surface area contributed by atoms with Crippen LogP contribution in [0.3, 0.4) is 0 Å². The summed E-state index contributed by atoms with van der Waals surface area (Å²) in [6.07, 6.45) is 2.91. The first-order valence-electron chi connectivity index (χ1n) is 5.93. The molecule has 0 saturated heterocycles. The molecule has 0 fully saturated rings. The number of carbonyl (C=O) groups is 1. The fraction of sp³-hybridized carbons (Fsp3) is 0.154. The van der Waals surface area contributed by atoms with Gasteiger partial charge in [0.1, 0.15) is 5.75 Å². The van der Waals surface area contributed by atoms with Crippen LogP contribution in [0.1, 0.15) is 5.56 Å². The van der Waals surface area contributed by atoms with E-state index in [-0.39, 0.29) is 17.2 Å². The van der Waals surface area contributed by atoms with E-state index in [0.29, 0.717) is 5.56 Å². The summed E-state index contributed by atoms with van der Waals surface area (Å²) in [6.45, 7) is -0.360. The Balaban J connectivity index is 2.01. The molecular weight excluding hydrogens is 298 g/mol. The van der Waals surface area contributed by atoms with E-state index in [1.54, 1.807) is 6.07 Å². The van der Waals surface area contributed by atoms with Gasteiger partial charge in [-0.2, -0.15) is 0 Å². The summed E-state index contributed by atoms with van der Waals surface area (Å²) in [5, 5.41) is 8.48. The van der Waals surface area contributed by atoms with Crippen LogP contribution in [-0.4, -0.2) is 26.1 Å². The zero-order chi connectivity index (χ0) is 15.3. The number of aliphatic carboxylic acids is 1. The summed E-state index contributed by atoms with van der Waals surface area (Å²) < 4.78 is 36.3. The molecular formula is C13H13NO6S. The monoisotopic (exact) mass is 311 g/mol. The highest BCUT2D eigenvalue weighted by atomic mass is 32.2. The maximum absolute atomic E-state index is 12.0. The first-order chi connectivity index (χ1) is 9.97. The molecule has 112 valence electrons. The largest absolute Gasteiger partial charge is 0.482 e. The highest BCUT2D eigenvalue weighted by molar-refractivity contribution is 7.89. The van der Waals surface area contributed by atoms with E-state index in [0.717, 1.165) is 0 Å². The molecule has 7 nitrogen and oxygen atoms in total. The number of carboxylic acid groups (broad SMARTS) is 1. The van der Waals surface area contributed by atoms with E-state index in [9.17, 15) is 13.2 Å². The van der Waals surface area contributed by atoms with E-state index >= 15 is 0 Å². The molecule has 0 saturated carbocycles. The maximum Gasteiger partial charge on any atom is 0.341 e. The molecule has 0 radical (unpaired) electrons. The van der Waals surface area contributed by atoms with Crippen molar-refractivity contribution in [3.8, 4) is 5.75 Å². The lowest BCUT2D eigenvalue weighted by molar-refractivity contribution is -0.139. The Hall–Kier alpha value is -2.32. The van der Waals surface area contributed by atoms with Crippen molar-refractivity contribution in [3.05, 3.63) is 48.4 Å². The third kappa shape index (κ3) is 4.33. The Morgan fingerprint density at radius 3 is 2.52 bits per heavy atom. The second kappa shape index (κ2) is 6.42. The van der Waals surface area contributed by atoms with Gasteiger partial charge in [0.2, 0.25) is 10.0 Å². The van der Waals surface area contributed by atoms with Crippen molar-refractivity contribution >= 4 is 16.0 Å². The molecule has 1 aromatic carbocycles. The average molecular weight is 311 g/mol. The molecule has 1 aromatic heterocycles. The molecule has 2 aromatic rings. The van der Waals surface area contributed by atoms with Gasteiger partial charge in [0, 0.05) is 12.1 Å². The van der Waals surface area contributed by atoms with Crippen molar-refractivity contribution in [2.24, 2.45) is 0 Å². The predicted octanol–water partition coefficient (Wildman–Crippen LogP) is 1.22. The first kappa shape index (κ1) is 15.1. The number of benzene rings is 1. The molecule has 0 unspecified atom stereocenters. The smallest absolute Gasteiger partial charge is 0.341 e. The number of hydrogen-bond donors (Lipinski definition) is 2. The van der Waals surface area contributed by atoms with Gasteiger partial charge in [-0.15, -0.1) is 0 Å². The zero-order valence-corrected chi connectivity index (χ0v) is 11.7. The van der Waals surface area contributed by atoms with Crippen LogP contribution in [-0.2, 0) is 21.4 Å². The number of sulfonamides is 1. The van der Waals surface area contributed by atoms with Gasteiger partial charge in [0.05, 0.1) is 17.4 Å². The molecule has 0 aliphatic carbocycles. The second-order valence-corrected chi connectivity index (χ2v) is 5.88. The molecule has 0 amide bonds. The number of hydrogen-bond acceptors (Lipinski definition) is 5. The molecule has 1 heterocycles. The quantitative estimate of drug-likeness (QED) is 0.796. The summed E-state index contributed by atoms with van der Waals surface area (Å²) >= 11 is 0. The van der Waals surface area contributed by atoms with E-state index in [1.807, 2.05) is 0 Å². The minimum atomic E-state index is -3.65. The second-order valence-electron chi connectivity index (χ2n) is 4.11. The van der Waals surface area contributed by atoms with Crippen LogP contribution in [0.4, 0.5) is 0 Å². The van der Waals surface area contributed by atoms with Crippen LogP contribution < -0.4 is 9.46 Å². The summed E-state index contributed by atoms with van der Waals surface area (Å²) in [7, 11) is -3.65. The normalized spacial score (nSPS) is 11.2. The molecule has 8 heteroatoms. The van der Waals surface area contributed by atoms with Crippen molar-refractivity contribution < 1.29 is 27.5 Å². The maximum atomic E-state index is 12.0. The molecule has 0 atom stereocenters. The lowest BCUT2D eigenvalue weighted by Gasteiger charge is -2.07. The van der Waals surface area contributed by atoms with Gasteiger partial charge in [-0.3, -0.25) is 0 Å². The van der Waals surface area contributed by atoms with Crippen molar-refractivity contribution in [1.29, 1.82) is 0 Å². The Bertz CT molecular complexity index is 691. The summed E-state index contributed by atoms with van der Waals surface area (Å²) in [4.78, 5) is 10.4. The van der Waals surface area contributed by atoms with E-state index in [1.165, 1.54) is 36.8 Å². The average Bonchev–Trinajstić information content (AvgIpc) is 2.97. The fourth-order valence-electron chi connectivity index (χ4n) is 1.52. The van der Waals surface area contributed by atoms with Gasteiger partial charge in [-0.1, -0.05) is 0 Å². The van der Waals surface area contributed by atoms with E-state index < -0.39 is 22.6 Å². The third-order valence-corrected chi connectivity index (χ3v) is 3.96. The molecule has 0 bridgehead atoms. The number of carboxylic acids is 1. The molecule has 0 aliphatic heterocycles. The van der Waals surface area contributed by atoms with Crippen molar-refractivity contribution in [1.82, 2.24) is 4.72 Å². The zero-order valence-electron chi connectivity index (χ0n) is 10.9. The Morgan fingerprint density at radius 1 is 1.24 bits per heavy atom. The van der Waals surface area contributed by atoms with Crippen molar-refractivity contribution in [2.75, 3.05) is 6.61 Å². The Morgan fingerprint density at radius 2 is 1.95 bits per heavy atom. The van der Waals surface area contributed by atoms with Gasteiger partial charge in [0.15, 0.2) is 6.61 Å². The number of rotatable bonds is 7. The van der Waals surface area contributed by atoms with E-state index in [4.69, 9.17) is 14.3 Å². The highest BCUT2D eigenvalue weighted by Gasteiger charge is 2.14. The lowest BCUT2D eigenvalue weighted by Crippen LogP contribution is -2.22. The van der Waals surface area contributed by atoms with Crippen molar-refractivity contribution in [2.45, 2.75) is 11.4 Å². The van der Waals surface area contributed by atoms with Gasteiger partial charge >= 0.3 is 5.97 Å². The number of ether oxygens (including phenoxy) is 1. The SMILES string of the molecule is O=C(O)COc1ccc(S(=O)(=O)NCc2ccoc2)cc1. The fourth-order valence-corrected chi connectivity index (χ4v) is 2.53. The third-order valence-electron chi connectivity index (χ3n) is 2.54. The summed E-state index contributed by atoms with van der Waals surface area (Å²) in [5.41, 5.74) is 0.708. The highest BCUT2D eigenvalue weighted by Crippen LogP contribution is 2.16. The molecule has 0 aliphatic rings. The van der Waals surface area contributed by atoms with Gasteiger partial charge in [-0.05, 0) is 30.3 Å². The minimum Gasteiger partial charge on any atom is -0.482 e. The first-order valence-corrected chi connectivity index (χ1v) is 7.41. The Labute approximate surface area is 121 Å². The van der Waals surface area contributed by atoms with Crippen LogP contribution in [0, 0.1) is 0 Å². The van der Waals surface area contributed by atoms with E-state index in [2.05, 4.69) is 4.72 Å². The topological polar surface area (TPSA) is 106 Å². The van der Waals surface area contributed by atoms with Crippen LogP contribution in [0.5, 0.6) is 5.75 Å². The Kier molecular flexibility index (Phi) is 4.61. The molecule has 0 spiro atoms. The van der Waals surface area contributed by atoms with Crippen molar-refractivity contribution in [3.63, 3.8) is 0 Å². The number of furan rings is 1. The van der Waals surface area contributed by atoms with Gasteiger partial charge in [0.25, 0.3) is 0 Å². The minimum absolute atomic E-state index is 0.0636. The molecule has 2 rings (SSSR count). The molecule has 21 heavy (non-hydrogen) atoms. The van der Waals surface area contributed by atoms with Crippen LogP contribution in [0.15, 0.2) is 52.2 Å². The summed E-state index contributed by atoms with van der Waals surface area (Å²) in [5.74, 6) is -0.820.